The van der Waals surface area contributed by atoms with E-state index >= 15 is 0 Å². The summed E-state index contributed by atoms with van der Waals surface area (Å²) in [7, 11) is 3.83. The Labute approximate surface area is 153 Å². The molecule has 6 nitrogen and oxygen atoms in total. The van der Waals surface area contributed by atoms with Crippen LogP contribution in [0.4, 0.5) is 5.69 Å². The molecule has 1 aromatic heterocycles. The fourth-order valence-electron chi connectivity index (χ4n) is 2.78. The zero-order chi connectivity index (χ0) is 18.5. The minimum atomic E-state index is -0.258. The fraction of sp³-hybridized carbons (Fsp3) is 0.250. The van der Waals surface area contributed by atoms with E-state index in [0.29, 0.717) is 12.2 Å². The molecule has 6 heteroatoms. The van der Waals surface area contributed by atoms with Gasteiger partial charge in [0.05, 0.1) is 6.04 Å². The maximum atomic E-state index is 12.8. The summed E-state index contributed by atoms with van der Waals surface area (Å²) in [6.07, 6.45) is 0.652. The quantitative estimate of drug-likeness (QED) is 0.718. The maximum absolute atomic E-state index is 12.8. The van der Waals surface area contributed by atoms with E-state index in [0.717, 1.165) is 22.6 Å². The molecule has 0 bridgehead atoms. The van der Waals surface area contributed by atoms with Crippen LogP contribution in [-0.4, -0.2) is 46.1 Å². The van der Waals surface area contributed by atoms with Crippen LogP contribution >= 0.6 is 0 Å². The van der Waals surface area contributed by atoms with Crippen LogP contribution in [0.2, 0.25) is 0 Å². The van der Waals surface area contributed by atoms with Gasteiger partial charge in [-0.3, -0.25) is 14.8 Å². The van der Waals surface area contributed by atoms with Gasteiger partial charge in [0.1, 0.15) is 5.82 Å². The molecule has 2 aromatic carbocycles. The maximum Gasteiger partial charge on any atom is 0.242 e. The Bertz CT molecular complexity index is 873. The highest BCUT2D eigenvalue weighted by Crippen LogP contribution is 2.20. The number of aromatic nitrogens is 3. The second-order valence-electron chi connectivity index (χ2n) is 6.48. The summed E-state index contributed by atoms with van der Waals surface area (Å²) in [5, 5.41) is 10.0. The molecular weight excluding hydrogens is 326 g/mol. The monoisotopic (exact) mass is 349 g/mol. The van der Waals surface area contributed by atoms with Gasteiger partial charge in [0.2, 0.25) is 5.91 Å². The molecule has 1 unspecified atom stereocenters. The molecule has 3 rings (SSSR count). The minimum Gasteiger partial charge on any atom is -0.325 e. The Morgan fingerprint density at radius 2 is 1.92 bits per heavy atom. The van der Waals surface area contributed by atoms with Crippen molar-refractivity contribution in [2.24, 2.45) is 0 Å². The molecule has 0 aliphatic carbocycles. The fourth-order valence-corrected chi connectivity index (χ4v) is 2.78. The van der Waals surface area contributed by atoms with E-state index < -0.39 is 0 Å². The smallest absolute Gasteiger partial charge is 0.242 e. The lowest BCUT2D eigenvalue weighted by Crippen LogP contribution is -2.41. The Hall–Kier alpha value is -2.99. The van der Waals surface area contributed by atoms with Gasteiger partial charge in [-0.05, 0) is 45.1 Å². The molecule has 0 aliphatic rings. The standard InChI is InChI=1S/C20H23N5O/c1-14-21-19(24-23-14)16-10-7-11-17(13-16)22-20(26)18(25(2)3)12-15-8-5-4-6-9-15/h4-11,13,18H,12H2,1-3H3,(H,22,26)(H,21,23,24). The van der Waals surface area contributed by atoms with Crippen LogP contribution < -0.4 is 5.32 Å². The van der Waals surface area contributed by atoms with Crippen LogP contribution in [-0.2, 0) is 11.2 Å². The van der Waals surface area contributed by atoms with Crippen LogP contribution in [0.15, 0.2) is 54.6 Å². The highest BCUT2D eigenvalue weighted by molar-refractivity contribution is 5.95. The largest absolute Gasteiger partial charge is 0.325 e. The summed E-state index contributed by atoms with van der Waals surface area (Å²) >= 11 is 0. The Morgan fingerprint density at radius 1 is 1.15 bits per heavy atom. The summed E-state index contributed by atoms with van der Waals surface area (Å²) in [6.45, 7) is 1.85. The molecule has 0 fully saturated rings. The van der Waals surface area contributed by atoms with E-state index in [4.69, 9.17) is 0 Å². The van der Waals surface area contributed by atoms with Gasteiger partial charge in [0.25, 0.3) is 0 Å². The molecule has 0 aliphatic heterocycles. The first-order valence-corrected chi connectivity index (χ1v) is 8.53. The van der Waals surface area contributed by atoms with Gasteiger partial charge in [-0.25, -0.2) is 4.98 Å². The number of rotatable bonds is 6. The molecule has 1 heterocycles. The van der Waals surface area contributed by atoms with Crippen molar-refractivity contribution in [3.63, 3.8) is 0 Å². The summed E-state index contributed by atoms with van der Waals surface area (Å²) < 4.78 is 0. The number of aromatic amines is 1. The first kappa shape index (κ1) is 17.8. The van der Waals surface area contributed by atoms with E-state index in [2.05, 4.69) is 20.5 Å². The van der Waals surface area contributed by atoms with Crippen molar-refractivity contribution in [3.8, 4) is 11.4 Å². The first-order valence-electron chi connectivity index (χ1n) is 8.53. The van der Waals surface area contributed by atoms with Gasteiger partial charge < -0.3 is 5.32 Å². The number of nitrogens with zero attached hydrogens (tertiary/aromatic N) is 3. The zero-order valence-electron chi connectivity index (χ0n) is 15.2. The Balaban J connectivity index is 1.75. The van der Waals surface area contributed by atoms with Crippen LogP contribution in [0.1, 0.15) is 11.4 Å². The molecule has 1 amide bonds. The van der Waals surface area contributed by atoms with Crippen molar-refractivity contribution < 1.29 is 4.79 Å². The highest BCUT2D eigenvalue weighted by atomic mass is 16.2. The molecule has 3 aromatic rings. The average Bonchev–Trinajstić information content (AvgIpc) is 3.07. The van der Waals surface area contributed by atoms with Gasteiger partial charge in [0.15, 0.2) is 5.82 Å². The molecule has 1 atom stereocenters. The number of benzene rings is 2. The van der Waals surface area contributed by atoms with Crippen molar-refractivity contribution in [1.82, 2.24) is 20.1 Å². The van der Waals surface area contributed by atoms with Crippen molar-refractivity contribution in [1.29, 1.82) is 0 Å². The van der Waals surface area contributed by atoms with Crippen molar-refractivity contribution in [2.45, 2.75) is 19.4 Å². The molecule has 0 saturated carbocycles. The van der Waals surface area contributed by atoms with Gasteiger partial charge >= 0.3 is 0 Å². The van der Waals surface area contributed by atoms with E-state index in [1.54, 1.807) is 0 Å². The van der Waals surface area contributed by atoms with Crippen molar-refractivity contribution in [3.05, 3.63) is 66.0 Å². The average molecular weight is 349 g/mol. The number of amides is 1. The van der Waals surface area contributed by atoms with Gasteiger partial charge in [-0.1, -0.05) is 42.5 Å². The predicted molar refractivity (Wildman–Crippen MR) is 103 cm³/mol. The normalized spacial score (nSPS) is 12.2. The second-order valence-corrected chi connectivity index (χ2v) is 6.48. The Morgan fingerprint density at radius 3 is 2.58 bits per heavy atom. The van der Waals surface area contributed by atoms with E-state index in [1.807, 2.05) is 80.5 Å². The molecule has 134 valence electrons. The number of H-pyrrole nitrogens is 1. The number of carbonyl (C=O) groups excluding carboxylic acids is 1. The van der Waals surface area contributed by atoms with Crippen molar-refractivity contribution >= 4 is 11.6 Å². The molecule has 0 spiro atoms. The number of nitrogens with one attached hydrogen (secondary N) is 2. The lowest BCUT2D eigenvalue weighted by atomic mass is 10.0. The van der Waals surface area contributed by atoms with Gasteiger partial charge in [0, 0.05) is 11.3 Å². The topological polar surface area (TPSA) is 73.9 Å². The van der Waals surface area contributed by atoms with Gasteiger partial charge in [-0.2, -0.15) is 5.10 Å². The van der Waals surface area contributed by atoms with Crippen LogP contribution in [0, 0.1) is 6.92 Å². The number of hydrogen-bond donors (Lipinski definition) is 2. The summed E-state index contributed by atoms with van der Waals surface area (Å²) in [5.41, 5.74) is 2.72. The van der Waals surface area contributed by atoms with Gasteiger partial charge in [-0.15, -0.1) is 0 Å². The van der Waals surface area contributed by atoms with E-state index in [-0.39, 0.29) is 11.9 Å². The lowest BCUT2D eigenvalue weighted by Gasteiger charge is -2.23. The van der Waals surface area contributed by atoms with Crippen molar-refractivity contribution in [2.75, 3.05) is 19.4 Å². The third-order valence-corrected chi connectivity index (χ3v) is 4.18. The number of hydrogen-bond acceptors (Lipinski definition) is 4. The first-order chi connectivity index (χ1) is 12.5. The summed E-state index contributed by atoms with van der Waals surface area (Å²) in [5.74, 6) is 1.33. The number of aryl methyl sites for hydroxylation is 1. The summed E-state index contributed by atoms with van der Waals surface area (Å²) in [4.78, 5) is 19.1. The third-order valence-electron chi connectivity index (χ3n) is 4.18. The third kappa shape index (κ3) is 4.34. The molecular formula is C20H23N5O. The van der Waals surface area contributed by atoms with Crippen LogP contribution in [0.25, 0.3) is 11.4 Å². The zero-order valence-corrected chi connectivity index (χ0v) is 15.2. The second kappa shape index (κ2) is 7.93. The van der Waals surface area contributed by atoms with E-state index in [1.165, 1.54) is 0 Å². The summed E-state index contributed by atoms with van der Waals surface area (Å²) in [6, 6.07) is 17.3. The molecule has 26 heavy (non-hydrogen) atoms. The Kier molecular flexibility index (Phi) is 5.43. The highest BCUT2D eigenvalue weighted by Gasteiger charge is 2.21. The molecule has 2 N–H and O–H groups in total. The molecule has 0 radical (unpaired) electrons. The van der Waals surface area contributed by atoms with Crippen LogP contribution in [0.3, 0.4) is 0 Å². The lowest BCUT2D eigenvalue weighted by molar-refractivity contribution is -0.120. The minimum absolute atomic E-state index is 0.0397. The number of anilines is 1. The van der Waals surface area contributed by atoms with Crippen LogP contribution in [0.5, 0.6) is 0 Å². The molecule has 0 saturated heterocycles. The SMILES string of the molecule is Cc1nc(-c2cccc(NC(=O)C(Cc3ccccc3)N(C)C)c2)n[nH]1. The number of likely N-dealkylation sites (N-methyl/N-ethyl adjacent to an activating group) is 1. The predicted octanol–water partition coefficient (Wildman–Crippen LogP) is 2.89. The van der Waals surface area contributed by atoms with E-state index in [9.17, 15) is 4.79 Å². The number of carbonyl (C=O) groups is 1.